The van der Waals surface area contributed by atoms with E-state index in [1.54, 1.807) is 24.5 Å². The number of carboxylic acids is 1. The largest absolute Gasteiger partial charge is 0.493 e. The second-order valence-corrected chi connectivity index (χ2v) is 9.32. The fourth-order valence-electron chi connectivity index (χ4n) is 4.33. The Bertz CT molecular complexity index is 1010. The number of amides is 1. The number of anilines is 1. The third-order valence-electron chi connectivity index (χ3n) is 6.48. The molecule has 10 heteroatoms. The van der Waals surface area contributed by atoms with Gasteiger partial charge in [-0.15, -0.1) is 0 Å². The highest BCUT2D eigenvalue weighted by atomic mass is 35.5. The quantitative estimate of drug-likeness (QED) is 0.538. The normalized spacial score (nSPS) is 16.9. The zero-order valence-electron chi connectivity index (χ0n) is 18.8. The van der Waals surface area contributed by atoms with Gasteiger partial charge in [0.25, 0.3) is 0 Å². The number of nitrogens with zero attached hydrogens (tertiary/aromatic N) is 4. The van der Waals surface area contributed by atoms with Gasteiger partial charge in [-0.25, -0.2) is 14.4 Å². The lowest BCUT2D eigenvalue weighted by Gasteiger charge is -2.36. The smallest absolute Gasteiger partial charge is 0.310 e. The standard InChI is InChI=1S/C24H28ClFN4O4/c25-19-12-27-24(28-13-19)29-7-5-16(6-8-29)2-1-9-34-20-4-3-17(21(26)11-20)10-22(31)30-14-18(15-30)23(32)33/h3-4,11-13,16,18H,1-2,5-10,14-15H2,(H,32,33). The maximum atomic E-state index is 14.4. The van der Waals surface area contributed by atoms with Crippen molar-refractivity contribution in [1.29, 1.82) is 0 Å². The summed E-state index contributed by atoms with van der Waals surface area (Å²) in [7, 11) is 0. The molecule has 0 unspecified atom stereocenters. The molecule has 2 aliphatic rings. The topological polar surface area (TPSA) is 95.9 Å². The zero-order chi connectivity index (χ0) is 24.1. The summed E-state index contributed by atoms with van der Waals surface area (Å²) < 4.78 is 20.1. The van der Waals surface area contributed by atoms with E-state index in [-0.39, 0.29) is 31.0 Å². The SMILES string of the molecule is O=C(O)C1CN(C(=O)Cc2ccc(OCCCC3CCN(c4ncc(Cl)cn4)CC3)cc2F)C1. The number of carbonyl (C=O) groups excluding carboxylic acids is 1. The van der Waals surface area contributed by atoms with Crippen LogP contribution in [0.3, 0.4) is 0 Å². The van der Waals surface area contributed by atoms with Gasteiger partial charge in [0.15, 0.2) is 0 Å². The van der Waals surface area contributed by atoms with Gasteiger partial charge < -0.3 is 19.6 Å². The molecule has 1 aromatic heterocycles. The first-order valence-corrected chi connectivity index (χ1v) is 11.9. The molecule has 3 heterocycles. The van der Waals surface area contributed by atoms with Crippen molar-refractivity contribution in [1.82, 2.24) is 14.9 Å². The van der Waals surface area contributed by atoms with Crippen LogP contribution in [0.5, 0.6) is 5.75 Å². The van der Waals surface area contributed by atoms with E-state index < -0.39 is 17.7 Å². The van der Waals surface area contributed by atoms with E-state index >= 15 is 0 Å². The minimum Gasteiger partial charge on any atom is -0.493 e. The number of rotatable bonds is 9. The Morgan fingerprint density at radius 2 is 1.88 bits per heavy atom. The van der Waals surface area contributed by atoms with Gasteiger partial charge >= 0.3 is 5.97 Å². The number of halogens is 2. The summed E-state index contributed by atoms with van der Waals surface area (Å²) in [6, 6.07) is 4.54. The third-order valence-corrected chi connectivity index (χ3v) is 6.67. The fourth-order valence-corrected chi connectivity index (χ4v) is 4.42. The Morgan fingerprint density at radius 1 is 1.18 bits per heavy atom. The van der Waals surface area contributed by atoms with Crippen molar-refractivity contribution in [3.8, 4) is 5.75 Å². The van der Waals surface area contributed by atoms with E-state index in [1.807, 2.05) is 0 Å². The van der Waals surface area contributed by atoms with Crippen LogP contribution in [0.25, 0.3) is 0 Å². The van der Waals surface area contributed by atoms with Crippen LogP contribution in [0.1, 0.15) is 31.2 Å². The molecule has 34 heavy (non-hydrogen) atoms. The molecule has 2 saturated heterocycles. The van der Waals surface area contributed by atoms with Crippen molar-refractivity contribution in [2.24, 2.45) is 11.8 Å². The minimum atomic E-state index is -0.908. The lowest BCUT2D eigenvalue weighted by atomic mass is 9.92. The summed E-state index contributed by atoms with van der Waals surface area (Å²) in [5.74, 6) is -0.411. The van der Waals surface area contributed by atoms with E-state index in [0.717, 1.165) is 38.8 Å². The van der Waals surface area contributed by atoms with Gasteiger partial charge in [-0.05, 0) is 43.2 Å². The number of carbonyl (C=O) groups is 2. The molecule has 1 amide bonds. The molecule has 0 spiro atoms. The Balaban J connectivity index is 1.14. The average molecular weight is 491 g/mol. The second kappa shape index (κ2) is 11.0. The fraction of sp³-hybridized carbons (Fsp3) is 0.500. The number of ether oxygens (including phenoxy) is 1. The maximum absolute atomic E-state index is 14.4. The lowest BCUT2D eigenvalue weighted by Crippen LogP contribution is -2.53. The summed E-state index contributed by atoms with van der Waals surface area (Å²) in [6.07, 6.45) is 7.19. The molecule has 8 nitrogen and oxygen atoms in total. The second-order valence-electron chi connectivity index (χ2n) is 8.89. The molecule has 0 bridgehead atoms. The average Bonchev–Trinajstić information content (AvgIpc) is 2.78. The Labute approximate surface area is 202 Å². The number of hydrogen-bond acceptors (Lipinski definition) is 6. The van der Waals surface area contributed by atoms with E-state index in [0.29, 0.717) is 29.2 Å². The van der Waals surface area contributed by atoms with Crippen LogP contribution in [0.15, 0.2) is 30.6 Å². The predicted molar refractivity (Wildman–Crippen MR) is 125 cm³/mol. The van der Waals surface area contributed by atoms with E-state index in [9.17, 15) is 14.0 Å². The van der Waals surface area contributed by atoms with E-state index in [1.165, 1.54) is 11.0 Å². The van der Waals surface area contributed by atoms with Crippen molar-refractivity contribution in [3.63, 3.8) is 0 Å². The highest BCUT2D eigenvalue weighted by molar-refractivity contribution is 6.30. The molecule has 1 N–H and O–H groups in total. The highest BCUT2D eigenvalue weighted by Crippen LogP contribution is 2.25. The van der Waals surface area contributed by atoms with Crippen LogP contribution in [-0.4, -0.2) is 64.6 Å². The predicted octanol–water partition coefficient (Wildman–Crippen LogP) is 3.43. The Morgan fingerprint density at radius 3 is 2.53 bits per heavy atom. The van der Waals surface area contributed by atoms with Crippen molar-refractivity contribution >= 4 is 29.4 Å². The molecular formula is C24H28ClFN4O4. The number of aliphatic carboxylic acids is 1. The summed E-state index contributed by atoms with van der Waals surface area (Å²) in [5, 5.41) is 9.43. The van der Waals surface area contributed by atoms with Crippen molar-refractivity contribution in [2.45, 2.75) is 32.1 Å². The zero-order valence-corrected chi connectivity index (χ0v) is 19.6. The summed E-state index contributed by atoms with van der Waals surface area (Å²) in [6.45, 7) is 2.69. The first-order valence-electron chi connectivity index (χ1n) is 11.5. The molecule has 2 aromatic rings. The molecule has 2 aliphatic heterocycles. The van der Waals surface area contributed by atoms with Gasteiger partial charge in [0.2, 0.25) is 11.9 Å². The molecule has 2 fully saturated rings. The highest BCUT2D eigenvalue weighted by Gasteiger charge is 2.35. The molecule has 1 aromatic carbocycles. The number of hydrogen-bond donors (Lipinski definition) is 1. The lowest BCUT2D eigenvalue weighted by molar-refractivity contribution is -0.152. The molecular weight excluding hydrogens is 463 g/mol. The maximum Gasteiger partial charge on any atom is 0.310 e. The van der Waals surface area contributed by atoms with Crippen molar-refractivity contribution in [3.05, 3.63) is 47.0 Å². The minimum absolute atomic E-state index is 0.0851. The number of benzene rings is 1. The first-order chi connectivity index (χ1) is 16.4. The van der Waals surface area contributed by atoms with Gasteiger partial charge in [-0.2, -0.15) is 0 Å². The number of likely N-dealkylation sites (tertiary alicyclic amines) is 1. The van der Waals surface area contributed by atoms with Gasteiger partial charge in [0.05, 0.1) is 36.4 Å². The van der Waals surface area contributed by atoms with Crippen LogP contribution in [0.4, 0.5) is 10.3 Å². The van der Waals surface area contributed by atoms with Gasteiger partial charge in [0.1, 0.15) is 11.6 Å². The molecule has 0 aliphatic carbocycles. The summed E-state index contributed by atoms with van der Waals surface area (Å²) >= 11 is 5.85. The van der Waals surface area contributed by atoms with Gasteiger partial charge in [-0.3, -0.25) is 9.59 Å². The summed E-state index contributed by atoms with van der Waals surface area (Å²) in [5.41, 5.74) is 0.285. The molecule has 0 saturated carbocycles. The van der Waals surface area contributed by atoms with E-state index in [4.69, 9.17) is 21.4 Å². The molecule has 0 atom stereocenters. The Kier molecular flexibility index (Phi) is 7.82. The van der Waals surface area contributed by atoms with Crippen molar-refractivity contribution in [2.75, 3.05) is 37.7 Å². The van der Waals surface area contributed by atoms with Crippen LogP contribution < -0.4 is 9.64 Å². The molecule has 0 radical (unpaired) electrons. The monoisotopic (exact) mass is 490 g/mol. The Hall–Kier alpha value is -2.94. The number of piperidine rings is 1. The van der Waals surface area contributed by atoms with Crippen LogP contribution in [-0.2, 0) is 16.0 Å². The van der Waals surface area contributed by atoms with Gasteiger partial charge in [0, 0.05) is 32.2 Å². The van der Waals surface area contributed by atoms with Gasteiger partial charge in [-0.1, -0.05) is 17.7 Å². The van der Waals surface area contributed by atoms with Crippen LogP contribution >= 0.6 is 11.6 Å². The molecule has 4 rings (SSSR count). The number of carboxylic acid groups (broad SMARTS) is 1. The first kappa shape index (κ1) is 24.2. The van der Waals surface area contributed by atoms with Crippen LogP contribution in [0, 0.1) is 17.7 Å². The van der Waals surface area contributed by atoms with Crippen LogP contribution in [0.2, 0.25) is 5.02 Å². The summed E-state index contributed by atoms with van der Waals surface area (Å²) in [4.78, 5) is 35.2. The number of aromatic nitrogens is 2. The van der Waals surface area contributed by atoms with Crippen molar-refractivity contribution < 1.29 is 23.8 Å². The van der Waals surface area contributed by atoms with E-state index in [2.05, 4.69) is 14.9 Å². The molecule has 182 valence electrons. The third kappa shape index (κ3) is 6.14.